The van der Waals surface area contributed by atoms with Crippen LogP contribution in [0.4, 0.5) is 10.5 Å². The van der Waals surface area contributed by atoms with Gasteiger partial charge in [-0.1, -0.05) is 12.1 Å². The highest BCUT2D eigenvalue weighted by Crippen LogP contribution is 2.15. The first kappa shape index (κ1) is 18.7. The van der Waals surface area contributed by atoms with E-state index in [1.165, 1.54) is 13.0 Å². The van der Waals surface area contributed by atoms with Crippen LogP contribution in [0.3, 0.4) is 0 Å². The predicted octanol–water partition coefficient (Wildman–Crippen LogP) is 0.786. The molecule has 1 rings (SSSR count). The molecule has 0 unspecified atom stereocenters. The third-order valence-corrected chi connectivity index (χ3v) is 2.96. The van der Waals surface area contributed by atoms with E-state index in [1.54, 1.807) is 23.5 Å². The van der Waals surface area contributed by atoms with E-state index in [-0.39, 0.29) is 5.57 Å². The summed E-state index contributed by atoms with van der Waals surface area (Å²) in [6.07, 6.45) is 0.0818. The van der Waals surface area contributed by atoms with E-state index in [9.17, 15) is 14.4 Å². The Balaban J connectivity index is 2.84. The largest absolute Gasteiger partial charge is 0.448 e. The number of amides is 3. The second-order valence-corrected chi connectivity index (χ2v) is 5.06. The SMILES string of the molecule is C[C@H](OC(=O)/C(C#N)=C/c1ccc(N(C)C)cc1)C(=O)NC(N)=O. The number of nitrogens with one attached hydrogen (secondary N) is 1. The average Bonchev–Trinajstić information content (AvgIpc) is 2.52. The van der Waals surface area contributed by atoms with Crippen molar-refractivity contribution in [1.29, 1.82) is 5.26 Å². The number of hydrogen-bond acceptors (Lipinski definition) is 6. The molecule has 0 heterocycles. The molecule has 0 aromatic heterocycles. The summed E-state index contributed by atoms with van der Waals surface area (Å²) in [7, 11) is 3.78. The molecule has 0 radical (unpaired) electrons. The van der Waals surface area contributed by atoms with Crippen LogP contribution in [0.5, 0.6) is 0 Å². The second kappa shape index (κ2) is 8.33. The number of esters is 1. The maximum Gasteiger partial charge on any atom is 0.349 e. The minimum atomic E-state index is -1.27. The minimum absolute atomic E-state index is 0.272. The van der Waals surface area contributed by atoms with E-state index < -0.39 is 24.0 Å². The van der Waals surface area contributed by atoms with E-state index in [0.29, 0.717) is 5.56 Å². The Bertz CT molecular complexity index is 702. The Morgan fingerprint density at radius 3 is 2.33 bits per heavy atom. The zero-order valence-corrected chi connectivity index (χ0v) is 13.6. The van der Waals surface area contributed by atoms with Crippen LogP contribution in [0.25, 0.3) is 6.08 Å². The summed E-state index contributed by atoms with van der Waals surface area (Å²) in [6, 6.07) is 7.81. The molecule has 0 aliphatic carbocycles. The monoisotopic (exact) mass is 330 g/mol. The second-order valence-electron chi connectivity index (χ2n) is 5.06. The van der Waals surface area contributed by atoms with Crippen molar-refractivity contribution in [3.63, 3.8) is 0 Å². The fourth-order valence-corrected chi connectivity index (χ4v) is 1.67. The van der Waals surface area contributed by atoms with Gasteiger partial charge in [-0.25, -0.2) is 9.59 Å². The van der Waals surface area contributed by atoms with Gasteiger partial charge in [0.25, 0.3) is 5.91 Å². The third kappa shape index (κ3) is 5.46. The molecule has 0 bridgehead atoms. The van der Waals surface area contributed by atoms with Crippen molar-refractivity contribution in [3.05, 3.63) is 35.4 Å². The lowest BCUT2D eigenvalue weighted by Gasteiger charge is -2.12. The zero-order valence-electron chi connectivity index (χ0n) is 13.6. The summed E-state index contributed by atoms with van der Waals surface area (Å²) in [4.78, 5) is 35.9. The molecule has 8 nitrogen and oxygen atoms in total. The summed E-state index contributed by atoms with van der Waals surface area (Å²) in [5.41, 5.74) is 6.12. The quantitative estimate of drug-likeness (QED) is 0.467. The Labute approximate surface area is 139 Å². The van der Waals surface area contributed by atoms with Gasteiger partial charge in [0.1, 0.15) is 11.6 Å². The van der Waals surface area contributed by atoms with Crippen molar-refractivity contribution in [1.82, 2.24) is 5.32 Å². The van der Waals surface area contributed by atoms with E-state index >= 15 is 0 Å². The number of carbonyl (C=O) groups excluding carboxylic acids is 3. The van der Waals surface area contributed by atoms with Crippen molar-refractivity contribution in [2.24, 2.45) is 5.73 Å². The zero-order chi connectivity index (χ0) is 18.3. The van der Waals surface area contributed by atoms with Gasteiger partial charge in [-0.2, -0.15) is 5.26 Å². The number of benzene rings is 1. The third-order valence-electron chi connectivity index (χ3n) is 2.96. The molecular weight excluding hydrogens is 312 g/mol. The van der Waals surface area contributed by atoms with Gasteiger partial charge in [0.05, 0.1) is 0 Å². The molecule has 0 fully saturated rings. The summed E-state index contributed by atoms with van der Waals surface area (Å²) < 4.78 is 4.84. The van der Waals surface area contributed by atoms with Crippen molar-refractivity contribution in [2.75, 3.05) is 19.0 Å². The van der Waals surface area contributed by atoms with Crippen molar-refractivity contribution in [2.45, 2.75) is 13.0 Å². The van der Waals surface area contributed by atoms with E-state index in [0.717, 1.165) is 5.69 Å². The lowest BCUT2D eigenvalue weighted by atomic mass is 10.1. The number of hydrogen-bond donors (Lipinski definition) is 2. The first-order valence-corrected chi connectivity index (χ1v) is 6.95. The van der Waals surface area contributed by atoms with Gasteiger partial charge in [-0.3, -0.25) is 10.1 Å². The van der Waals surface area contributed by atoms with Crippen molar-refractivity contribution in [3.8, 4) is 6.07 Å². The summed E-state index contributed by atoms with van der Waals surface area (Å²) in [6.45, 7) is 1.26. The number of anilines is 1. The molecule has 0 spiro atoms. The number of carbonyl (C=O) groups is 3. The predicted molar refractivity (Wildman–Crippen MR) is 87.6 cm³/mol. The highest BCUT2D eigenvalue weighted by atomic mass is 16.5. The molecule has 0 saturated carbocycles. The number of urea groups is 1. The Morgan fingerprint density at radius 1 is 1.29 bits per heavy atom. The molecule has 3 amide bonds. The van der Waals surface area contributed by atoms with Gasteiger partial charge in [-0.15, -0.1) is 0 Å². The first-order chi connectivity index (χ1) is 11.2. The molecule has 3 N–H and O–H groups in total. The van der Waals surface area contributed by atoms with Crippen LogP contribution in [-0.4, -0.2) is 38.1 Å². The van der Waals surface area contributed by atoms with Gasteiger partial charge in [0.2, 0.25) is 0 Å². The van der Waals surface area contributed by atoms with E-state index in [1.807, 2.05) is 31.1 Å². The smallest absolute Gasteiger partial charge is 0.349 e. The number of ether oxygens (including phenoxy) is 1. The summed E-state index contributed by atoms with van der Waals surface area (Å²) in [5.74, 6) is -1.84. The van der Waals surface area contributed by atoms with Crippen LogP contribution in [0.2, 0.25) is 0 Å². The van der Waals surface area contributed by atoms with Crippen molar-refractivity contribution >= 4 is 29.7 Å². The number of nitrogens with two attached hydrogens (primary N) is 1. The van der Waals surface area contributed by atoms with Crippen LogP contribution in [0, 0.1) is 11.3 Å². The van der Waals surface area contributed by atoms with Crippen LogP contribution in [0.15, 0.2) is 29.8 Å². The maximum absolute atomic E-state index is 11.9. The molecule has 126 valence electrons. The normalized spacial score (nSPS) is 11.8. The topological polar surface area (TPSA) is 126 Å². The number of imide groups is 1. The van der Waals surface area contributed by atoms with Gasteiger partial charge in [-0.05, 0) is 30.7 Å². The highest BCUT2D eigenvalue weighted by molar-refractivity contribution is 6.01. The van der Waals surface area contributed by atoms with Gasteiger partial charge >= 0.3 is 12.0 Å². The summed E-state index contributed by atoms with van der Waals surface area (Å²) >= 11 is 0. The van der Waals surface area contributed by atoms with Crippen LogP contribution in [-0.2, 0) is 14.3 Å². The molecule has 0 aliphatic rings. The molecule has 1 aromatic rings. The Morgan fingerprint density at radius 2 is 1.88 bits per heavy atom. The first-order valence-electron chi connectivity index (χ1n) is 6.95. The van der Waals surface area contributed by atoms with Gasteiger partial charge < -0.3 is 15.4 Å². The molecule has 0 aliphatic heterocycles. The highest BCUT2D eigenvalue weighted by Gasteiger charge is 2.21. The minimum Gasteiger partial charge on any atom is -0.448 e. The number of nitrogens with zero attached hydrogens (tertiary/aromatic N) is 2. The van der Waals surface area contributed by atoms with E-state index in [4.69, 9.17) is 15.7 Å². The molecule has 24 heavy (non-hydrogen) atoms. The van der Waals surface area contributed by atoms with Crippen LogP contribution in [0.1, 0.15) is 12.5 Å². The van der Waals surface area contributed by atoms with Crippen molar-refractivity contribution < 1.29 is 19.1 Å². The lowest BCUT2D eigenvalue weighted by molar-refractivity contribution is -0.150. The molecule has 8 heteroatoms. The molecule has 1 atom stereocenters. The number of nitriles is 1. The van der Waals surface area contributed by atoms with Crippen LogP contribution < -0.4 is 16.0 Å². The number of primary amides is 1. The standard InChI is InChI=1S/C16H18N4O4/c1-10(14(21)19-16(18)23)24-15(22)12(9-17)8-11-4-6-13(7-5-11)20(2)3/h4-8,10H,1-3H3,(H3,18,19,21,23)/b12-8+/t10-/m0/s1. The molecule has 1 aromatic carbocycles. The number of rotatable bonds is 5. The van der Waals surface area contributed by atoms with Gasteiger partial charge in [0.15, 0.2) is 6.10 Å². The maximum atomic E-state index is 11.9. The Hall–Kier alpha value is -3.34. The fourth-order valence-electron chi connectivity index (χ4n) is 1.67. The van der Waals surface area contributed by atoms with Crippen LogP contribution >= 0.6 is 0 Å². The van der Waals surface area contributed by atoms with Gasteiger partial charge in [0, 0.05) is 19.8 Å². The summed E-state index contributed by atoms with van der Waals surface area (Å²) in [5, 5.41) is 10.9. The Kier molecular flexibility index (Phi) is 6.50. The average molecular weight is 330 g/mol. The lowest BCUT2D eigenvalue weighted by Crippen LogP contribution is -2.42. The molecular formula is C16H18N4O4. The van der Waals surface area contributed by atoms with E-state index in [2.05, 4.69) is 0 Å². The molecule has 0 saturated heterocycles. The fraction of sp³-hybridized carbons (Fsp3) is 0.250.